The van der Waals surface area contributed by atoms with Gasteiger partial charge in [-0.3, -0.25) is 4.72 Å². The Balaban J connectivity index is 1.97. The molecule has 1 amide bonds. The van der Waals surface area contributed by atoms with Crippen molar-refractivity contribution < 1.29 is 22.9 Å². The molecule has 7 heteroatoms. The zero-order valence-corrected chi connectivity index (χ0v) is 12.5. The SMILES string of the molecule is COc1cccc(NS(=O)(=O)c2ccc3c(c2)=CC(=O)[NH+]=3)c1. The van der Waals surface area contributed by atoms with E-state index in [1.807, 2.05) is 0 Å². The lowest BCUT2D eigenvalue weighted by Gasteiger charge is -2.08. The number of hydrogen-bond donors (Lipinski definition) is 2. The van der Waals surface area contributed by atoms with Gasteiger partial charge in [0.05, 0.1) is 29.0 Å². The van der Waals surface area contributed by atoms with Gasteiger partial charge in [0.1, 0.15) is 5.75 Å². The third kappa shape index (κ3) is 2.71. The fourth-order valence-electron chi connectivity index (χ4n) is 2.15. The average Bonchev–Trinajstić information content (AvgIpc) is 2.86. The lowest BCUT2D eigenvalue weighted by atomic mass is 10.3. The summed E-state index contributed by atoms with van der Waals surface area (Å²) in [5.74, 6) is 0.294. The first-order valence-corrected chi connectivity index (χ1v) is 7.93. The fraction of sp³-hybridized carbons (Fsp3) is 0.0667. The van der Waals surface area contributed by atoms with Gasteiger partial charge in [-0.05, 0) is 24.3 Å². The van der Waals surface area contributed by atoms with Crippen molar-refractivity contribution in [2.75, 3.05) is 11.8 Å². The molecule has 1 aliphatic rings. The van der Waals surface area contributed by atoms with Gasteiger partial charge in [0.2, 0.25) is 5.36 Å². The first-order chi connectivity index (χ1) is 10.5. The lowest BCUT2D eigenvalue weighted by Crippen LogP contribution is -2.79. The summed E-state index contributed by atoms with van der Waals surface area (Å²) >= 11 is 0. The second-order valence-electron chi connectivity index (χ2n) is 4.72. The van der Waals surface area contributed by atoms with Gasteiger partial charge in [0.15, 0.2) is 0 Å². The summed E-state index contributed by atoms with van der Waals surface area (Å²) in [7, 11) is -2.23. The molecule has 1 heterocycles. The second kappa shape index (κ2) is 5.27. The summed E-state index contributed by atoms with van der Waals surface area (Å²) < 4.78 is 32.4. The number of methoxy groups -OCH3 is 1. The summed E-state index contributed by atoms with van der Waals surface area (Å²) in [6.45, 7) is 0. The third-order valence-corrected chi connectivity index (χ3v) is 4.58. The van der Waals surface area contributed by atoms with Crippen LogP contribution in [0.25, 0.3) is 6.08 Å². The van der Waals surface area contributed by atoms with E-state index in [-0.39, 0.29) is 10.8 Å². The quantitative estimate of drug-likeness (QED) is 0.720. The number of anilines is 1. The maximum Gasteiger partial charge on any atom is 0.411 e. The van der Waals surface area contributed by atoms with Crippen LogP contribution in [0.5, 0.6) is 5.75 Å². The van der Waals surface area contributed by atoms with E-state index in [4.69, 9.17) is 4.74 Å². The minimum absolute atomic E-state index is 0.0850. The van der Waals surface area contributed by atoms with Gasteiger partial charge in [0.25, 0.3) is 10.0 Å². The van der Waals surface area contributed by atoms with Crippen LogP contribution in [0.15, 0.2) is 47.4 Å². The number of rotatable bonds is 4. The minimum Gasteiger partial charge on any atom is -0.497 e. The Labute approximate surface area is 126 Å². The van der Waals surface area contributed by atoms with Crippen LogP contribution in [0, 0.1) is 0 Å². The molecule has 0 bridgehead atoms. The van der Waals surface area contributed by atoms with E-state index in [0.29, 0.717) is 22.0 Å². The Morgan fingerprint density at radius 2 is 1.95 bits per heavy atom. The highest BCUT2D eigenvalue weighted by atomic mass is 32.2. The van der Waals surface area contributed by atoms with Crippen LogP contribution in [-0.4, -0.2) is 21.4 Å². The maximum atomic E-state index is 12.4. The lowest BCUT2D eigenvalue weighted by molar-refractivity contribution is -0.406. The molecule has 112 valence electrons. The van der Waals surface area contributed by atoms with Crippen molar-refractivity contribution in [2.45, 2.75) is 4.90 Å². The van der Waals surface area contributed by atoms with E-state index in [0.717, 1.165) is 0 Å². The van der Waals surface area contributed by atoms with Crippen LogP contribution in [0.4, 0.5) is 5.69 Å². The second-order valence-corrected chi connectivity index (χ2v) is 6.40. The molecule has 1 aliphatic heterocycles. The standard InChI is InChI=1S/C15H12N2O4S/c1-21-12-4-2-3-11(9-12)17-22(19,20)13-5-6-14-10(7-13)8-15(18)16-14/h2-9,17H,1H3/p+1. The van der Waals surface area contributed by atoms with E-state index in [1.54, 1.807) is 30.3 Å². The normalized spacial score (nSPS) is 13.0. The van der Waals surface area contributed by atoms with Crippen LogP contribution >= 0.6 is 0 Å². The first-order valence-electron chi connectivity index (χ1n) is 6.44. The van der Waals surface area contributed by atoms with E-state index in [2.05, 4.69) is 9.71 Å². The molecular weight excluding hydrogens is 304 g/mol. The number of hydrogen-bond acceptors (Lipinski definition) is 4. The highest BCUT2D eigenvalue weighted by Crippen LogP contribution is 2.19. The van der Waals surface area contributed by atoms with Crippen LogP contribution in [0.1, 0.15) is 0 Å². The molecule has 0 fully saturated rings. The minimum atomic E-state index is -3.74. The number of sulfonamides is 1. The number of nitrogens with one attached hydrogen (secondary N) is 2. The molecule has 0 saturated carbocycles. The summed E-state index contributed by atoms with van der Waals surface area (Å²) in [5, 5.41) is 1.16. The number of amides is 1. The van der Waals surface area contributed by atoms with Crippen molar-refractivity contribution in [2.24, 2.45) is 0 Å². The highest BCUT2D eigenvalue weighted by molar-refractivity contribution is 7.92. The van der Waals surface area contributed by atoms with Crippen molar-refractivity contribution in [1.29, 1.82) is 0 Å². The molecule has 0 aliphatic carbocycles. The number of fused-ring (bicyclic) bond motifs is 1. The zero-order valence-electron chi connectivity index (χ0n) is 11.7. The van der Waals surface area contributed by atoms with Crippen LogP contribution in [0.2, 0.25) is 0 Å². The maximum absolute atomic E-state index is 12.4. The summed E-state index contributed by atoms with van der Waals surface area (Å²) in [6.07, 6.45) is 1.36. The van der Waals surface area contributed by atoms with E-state index < -0.39 is 10.0 Å². The number of ether oxygens (including phenoxy) is 1. The molecule has 0 spiro atoms. The summed E-state index contributed by atoms with van der Waals surface area (Å²) in [4.78, 5) is 14.0. The largest absolute Gasteiger partial charge is 0.497 e. The van der Waals surface area contributed by atoms with Crippen molar-refractivity contribution >= 4 is 27.7 Å². The Morgan fingerprint density at radius 3 is 2.73 bits per heavy atom. The zero-order chi connectivity index (χ0) is 15.7. The Morgan fingerprint density at radius 1 is 1.14 bits per heavy atom. The molecule has 2 N–H and O–H groups in total. The van der Waals surface area contributed by atoms with Gasteiger partial charge in [-0.1, -0.05) is 6.07 Å². The van der Waals surface area contributed by atoms with Crippen molar-refractivity contribution in [1.82, 2.24) is 0 Å². The third-order valence-electron chi connectivity index (χ3n) is 3.20. The summed E-state index contributed by atoms with van der Waals surface area (Å²) in [6, 6.07) is 11.1. The van der Waals surface area contributed by atoms with Crippen LogP contribution in [0.3, 0.4) is 0 Å². The van der Waals surface area contributed by atoms with Gasteiger partial charge in [-0.15, -0.1) is 0 Å². The van der Waals surface area contributed by atoms with Gasteiger partial charge < -0.3 is 4.74 Å². The molecule has 3 rings (SSSR count). The molecule has 0 saturated heterocycles. The Kier molecular flexibility index (Phi) is 3.42. The topological polar surface area (TPSA) is 86.4 Å². The number of benzene rings is 2. The van der Waals surface area contributed by atoms with E-state index in [1.165, 1.54) is 25.3 Å². The van der Waals surface area contributed by atoms with Gasteiger partial charge in [-0.2, -0.15) is 4.99 Å². The highest BCUT2D eigenvalue weighted by Gasteiger charge is 2.18. The molecule has 22 heavy (non-hydrogen) atoms. The molecule has 0 unspecified atom stereocenters. The first kappa shape index (κ1) is 14.3. The Hall–Kier alpha value is -2.67. The van der Waals surface area contributed by atoms with E-state index >= 15 is 0 Å². The fourth-order valence-corrected chi connectivity index (χ4v) is 3.24. The Bertz CT molecular complexity index is 981. The molecule has 0 radical (unpaired) electrons. The van der Waals surface area contributed by atoms with Gasteiger partial charge in [0, 0.05) is 12.1 Å². The van der Waals surface area contributed by atoms with Crippen molar-refractivity contribution in [3.8, 4) is 5.75 Å². The molecule has 0 atom stereocenters. The molecule has 0 aromatic heterocycles. The predicted molar refractivity (Wildman–Crippen MR) is 79.0 cm³/mol. The van der Waals surface area contributed by atoms with Crippen LogP contribution in [-0.2, 0) is 14.8 Å². The molecule has 2 aromatic carbocycles. The molecule has 6 nitrogen and oxygen atoms in total. The molecule has 2 aromatic rings. The van der Waals surface area contributed by atoms with E-state index in [9.17, 15) is 13.2 Å². The smallest absolute Gasteiger partial charge is 0.411 e. The van der Waals surface area contributed by atoms with Crippen molar-refractivity contribution in [3.05, 3.63) is 53.0 Å². The van der Waals surface area contributed by atoms with Gasteiger partial charge in [-0.25, -0.2) is 13.2 Å². The number of carbonyl (C=O) groups is 1. The summed E-state index contributed by atoms with van der Waals surface area (Å²) in [5.41, 5.74) is 0.401. The molecular formula is C15H13N2O4S+. The van der Waals surface area contributed by atoms with Gasteiger partial charge >= 0.3 is 5.91 Å². The van der Waals surface area contributed by atoms with Crippen LogP contribution < -0.4 is 25.0 Å². The number of carbonyl (C=O) groups excluding carboxylic acids is 1. The van der Waals surface area contributed by atoms with Crippen molar-refractivity contribution in [3.63, 3.8) is 0 Å². The average molecular weight is 317 g/mol. The monoisotopic (exact) mass is 317 g/mol. The predicted octanol–water partition coefficient (Wildman–Crippen LogP) is -1.48.